The lowest BCUT2D eigenvalue weighted by Crippen LogP contribution is -2.33. The first-order valence-corrected chi connectivity index (χ1v) is 10.8. The van der Waals surface area contributed by atoms with Crippen molar-refractivity contribution in [1.82, 2.24) is 14.6 Å². The smallest absolute Gasteiger partial charge is 0.175 e. The van der Waals surface area contributed by atoms with Gasteiger partial charge in [0.05, 0.1) is 22.8 Å². The summed E-state index contributed by atoms with van der Waals surface area (Å²) in [7, 11) is 0. The average Bonchev–Trinajstić information content (AvgIpc) is 3.20. The maximum Gasteiger partial charge on any atom is 0.175 e. The molecule has 4 aromatic rings. The van der Waals surface area contributed by atoms with Crippen LogP contribution in [0.25, 0.3) is 27.9 Å². The third-order valence-corrected chi connectivity index (χ3v) is 6.32. The molecular formula is C26H25N5. The summed E-state index contributed by atoms with van der Waals surface area (Å²) in [6.07, 6.45) is 4.17. The van der Waals surface area contributed by atoms with Gasteiger partial charge in [-0.3, -0.25) is 4.40 Å². The van der Waals surface area contributed by atoms with Gasteiger partial charge in [-0.1, -0.05) is 48.9 Å². The number of anilines is 1. The summed E-state index contributed by atoms with van der Waals surface area (Å²) < 4.78 is 2.17. The first kappa shape index (κ1) is 19.3. The Morgan fingerprint density at radius 1 is 0.968 bits per heavy atom. The summed E-state index contributed by atoms with van der Waals surface area (Å²) in [4.78, 5) is 2.36. The van der Waals surface area contributed by atoms with E-state index in [2.05, 4.69) is 69.7 Å². The van der Waals surface area contributed by atoms with Gasteiger partial charge < -0.3 is 4.90 Å². The van der Waals surface area contributed by atoms with Crippen molar-refractivity contribution in [3.05, 3.63) is 72.1 Å². The van der Waals surface area contributed by atoms with Gasteiger partial charge in [0.1, 0.15) is 6.33 Å². The second-order valence-corrected chi connectivity index (χ2v) is 8.54. The van der Waals surface area contributed by atoms with Crippen LogP contribution >= 0.6 is 0 Å². The van der Waals surface area contributed by atoms with Crippen LogP contribution in [0.1, 0.15) is 30.9 Å². The standard InChI is InChI=1S/C26H25N5/c1-18-3-7-22(8-4-18)25-23(21-9-5-20(16-27)6-10-21)15-24-26(29-28-17-31(24)25)30-13-11-19(2)12-14-30/h3-10,15,17,19H,11-14H2,1-2H3. The molecule has 1 fully saturated rings. The molecule has 2 aromatic carbocycles. The fraction of sp³-hybridized carbons (Fsp3) is 0.269. The Morgan fingerprint density at radius 3 is 2.32 bits per heavy atom. The lowest BCUT2D eigenvalue weighted by Gasteiger charge is -2.31. The number of nitrogens with zero attached hydrogens (tertiary/aromatic N) is 5. The summed E-state index contributed by atoms with van der Waals surface area (Å²) in [5.74, 6) is 1.70. The first-order chi connectivity index (χ1) is 15.1. The van der Waals surface area contributed by atoms with Gasteiger partial charge in [-0.05, 0) is 55.0 Å². The van der Waals surface area contributed by atoms with Crippen LogP contribution in [-0.4, -0.2) is 27.7 Å². The van der Waals surface area contributed by atoms with Crippen molar-refractivity contribution in [2.24, 2.45) is 5.92 Å². The van der Waals surface area contributed by atoms with Crippen LogP contribution in [0.5, 0.6) is 0 Å². The summed E-state index contributed by atoms with van der Waals surface area (Å²) in [5, 5.41) is 18.1. The van der Waals surface area contributed by atoms with Gasteiger partial charge in [-0.15, -0.1) is 10.2 Å². The predicted molar refractivity (Wildman–Crippen MR) is 124 cm³/mol. The molecule has 5 heteroatoms. The van der Waals surface area contributed by atoms with Crippen molar-refractivity contribution >= 4 is 11.3 Å². The zero-order chi connectivity index (χ0) is 21.4. The molecule has 0 N–H and O–H groups in total. The minimum Gasteiger partial charge on any atom is -0.353 e. The van der Waals surface area contributed by atoms with Crippen LogP contribution < -0.4 is 4.90 Å². The Kier molecular flexibility index (Phi) is 4.91. The topological polar surface area (TPSA) is 57.2 Å². The molecule has 5 nitrogen and oxygen atoms in total. The van der Waals surface area contributed by atoms with E-state index in [0.29, 0.717) is 5.56 Å². The zero-order valence-corrected chi connectivity index (χ0v) is 17.9. The highest BCUT2D eigenvalue weighted by atomic mass is 15.3. The molecule has 2 aromatic heterocycles. The molecule has 0 atom stereocenters. The Morgan fingerprint density at radius 2 is 1.65 bits per heavy atom. The second kappa shape index (κ2) is 7.88. The molecule has 1 saturated heterocycles. The maximum absolute atomic E-state index is 9.20. The number of nitriles is 1. The number of aryl methyl sites for hydroxylation is 1. The van der Waals surface area contributed by atoms with Crippen LogP contribution in [0.15, 0.2) is 60.9 Å². The molecule has 154 valence electrons. The molecule has 5 rings (SSSR count). The highest BCUT2D eigenvalue weighted by molar-refractivity contribution is 5.90. The summed E-state index contributed by atoms with van der Waals surface area (Å²) in [6, 6.07) is 20.8. The monoisotopic (exact) mass is 407 g/mol. The minimum atomic E-state index is 0.663. The highest BCUT2D eigenvalue weighted by Crippen LogP contribution is 2.38. The van der Waals surface area contributed by atoms with Gasteiger partial charge in [0.15, 0.2) is 5.82 Å². The van der Waals surface area contributed by atoms with Crippen LogP contribution in [0, 0.1) is 24.2 Å². The fourth-order valence-corrected chi connectivity index (χ4v) is 4.40. The molecule has 0 aliphatic carbocycles. The molecule has 0 spiro atoms. The van der Waals surface area contributed by atoms with E-state index >= 15 is 0 Å². The normalized spacial score (nSPS) is 14.7. The molecule has 0 amide bonds. The van der Waals surface area contributed by atoms with Crippen LogP contribution in [0.3, 0.4) is 0 Å². The molecule has 0 saturated carbocycles. The van der Waals surface area contributed by atoms with Gasteiger partial charge in [0.2, 0.25) is 0 Å². The number of hydrogen-bond donors (Lipinski definition) is 0. The van der Waals surface area contributed by atoms with E-state index < -0.39 is 0 Å². The number of fused-ring (bicyclic) bond motifs is 1. The molecule has 31 heavy (non-hydrogen) atoms. The third-order valence-electron chi connectivity index (χ3n) is 6.32. The third kappa shape index (κ3) is 3.55. The summed E-state index contributed by atoms with van der Waals surface area (Å²) in [6.45, 7) is 6.43. The second-order valence-electron chi connectivity index (χ2n) is 8.54. The number of piperidine rings is 1. The Hall–Kier alpha value is -3.65. The van der Waals surface area contributed by atoms with E-state index in [9.17, 15) is 5.26 Å². The van der Waals surface area contributed by atoms with Gasteiger partial charge in [-0.25, -0.2) is 0 Å². The predicted octanol–water partition coefficient (Wildman–Crippen LogP) is 5.48. The van der Waals surface area contributed by atoms with E-state index in [4.69, 9.17) is 0 Å². The van der Waals surface area contributed by atoms with E-state index in [0.717, 1.165) is 52.7 Å². The van der Waals surface area contributed by atoms with E-state index in [1.165, 1.54) is 18.4 Å². The van der Waals surface area contributed by atoms with Crippen molar-refractivity contribution in [3.63, 3.8) is 0 Å². The molecule has 1 aliphatic heterocycles. The lowest BCUT2D eigenvalue weighted by molar-refractivity contribution is 0.436. The quantitative estimate of drug-likeness (QED) is 0.451. The maximum atomic E-state index is 9.20. The first-order valence-electron chi connectivity index (χ1n) is 10.8. The average molecular weight is 408 g/mol. The van der Waals surface area contributed by atoms with E-state index in [-0.39, 0.29) is 0 Å². The Labute approximate surface area is 182 Å². The molecule has 0 radical (unpaired) electrons. The van der Waals surface area contributed by atoms with Gasteiger partial charge in [-0.2, -0.15) is 5.26 Å². The zero-order valence-electron chi connectivity index (χ0n) is 17.9. The van der Waals surface area contributed by atoms with Crippen molar-refractivity contribution in [1.29, 1.82) is 5.26 Å². The van der Waals surface area contributed by atoms with E-state index in [1.54, 1.807) is 0 Å². The van der Waals surface area contributed by atoms with Crippen LogP contribution in [0.4, 0.5) is 5.82 Å². The fourth-order valence-electron chi connectivity index (χ4n) is 4.40. The SMILES string of the molecule is Cc1ccc(-c2c(-c3ccc(C#N)cc3)cc3c(N4CCC(C)CC4)nncn23)cc1. The van der Waals surface area contributed by atoms with Crippen molar-refractivity contribution in [2.75, 3.05) is 18.0 Å². The highest BCUT2D eigenvalue weighted by Gasteiger charge is 2.23. The lowest BCUT2D eigenvalue weighted by atomic mass is 9.99. The number of hydrogen-bond acceptors (Lipinski definition) is 4. The number of benzene rings is 2. The molecule has 1 aliphatic rings. The largest absolute Gasteiger partial charge is 0.353 e. The molecule has 0 unspecified atom stereocenters. The van der Waals surface area contributed by atoms with Crippen molar-refractivity contribution in [3.8, 4) is 28.5 Å². The number of rotatable bonds is 3. The van der Waals surface area contributed by atoms with Crippen LogP contribution in [0.2, 0.25) is 0 Å². The molecule has 3 heterocycles. The van der Waals surface area contributed by atoms with Gasteiger partial charge in [0, 0.05) is 18.7 Å². The molecular weight excluding hydrogens is 382 g/mol. The summed E-state index contributed by atoms with van der Waals surface area (Å²) in [5.41, 5.74) is 7.39. The van der Waals surface area contributed by atoms with Gasteiger partial charge >= 0.3 is 0 Å². The summed E-state index contributed by atoms with van der Waals surface area (Å²) >= 11 is 0. The van der Waals surface area contributed by atoms with Crippen molar-refractivity contribution < 1.29 is 0 Å². The van der Waals surface area contributed by atoms with Gasteiger partial charge in [0.25, 0.3) is 0 Å². The number of aromatic nitrogens is 3. The van der Waals surface area contributed by atoms with Crippen molar-refractivity contribution in [2.45, 2.75) is 26.7 Å². The Bertz CT molecular complexity index is 1250. The van der Waals surface area contributed by atoms with E-state index in [1.807, 2.05) is 30.6 Å². The van der Waals surface area contributed by atoms with Crippen LogP contribution in [-0.2, 0) is 0 Å². The Balaban J connectivity index is 1.72. The molecule has 0 bridgehead atoms. The minimum absolute atomic E-state index is 0.663.